The molecule has 0 aliphatic rings. The van der Waals surface area contributed by atoms with E-state index in [-0.39, 0.29) is 31.1 Å². The Kier molecular flexibility index (Phi) is 39.7. The molecule has 6 nitrogen and oxygen atoms in total. The predicted molar refractivity (Wildman–Crippen MR) is 228 cm³/mol. The molecule has 0 aromatic carbocycles. The standard InChI is InChI=1S/C48H78O6/c1-4-7-10-13-16-19-21-23-24-25-27-29-32-35-38-41-47(50)53-44-45(43-52-46(49)40-37-34-31-28-18-15-12-9-6-3)54-48(51)42-39-36-33-30-26-22-20-17-14-11-8-5-2/h7,9-10,12-13,16,18-19,21,23-25,27-28,45H,4-6,8,11,14-15,17,20,22,26,29-44H2,1-3H3/b10-7-,12-9-,16-13-,21-19-,24-23-,27-25-,28-18-. The first kappa shape index (κ1) is 50.6. The lowest BCUT2D eigenvalue weighted by molar-refractivity contribution is -0.167. The third-order valence-corrected chi connectivity index (χ3v) is 8.77. The zero-order valence-electron chi connectivity index (χ0n) is 34.7. The van der Waals surface area contributed by atoms with E-state index in [4.69, 9.17) is 14.2 Å². The minimum absolute atomic E-state index is 0.108. The Balaban J connectivity index is 4.49. The van der Waals surface area contributed by atoms with Crippen LogP contribution in [0.2, 0.25) is 0 Å². The summed E-state index contributed by atoms with van der Waals surface area (Å²) in [6.07, 6.45) is 52.9. The minimum Gasteiger partial charge on any atom is -0.462 e. The third kappa shape index (κ3) is 39.8. The quantitative estimate of drug-likeness (QED) is 0.0207. The second-order valence-corrected chi connectivity index (χ2v) is 14.0. The first-order valence-corrected chi connectivity index (χ1v) is 21.7. The maximum atomic E-state index is 12.7. The summed E-state index contributed by atoms with van der Waals surface area (Å²) in [4.78, 5) is 37.6. The molecule has 0 radical (unpaired) electrons. The fourth-order valence-electron chi connectivity index (χ4n) is 5.56. The van der Waals surface area contributed by atoms with Crippen LogP contribution in [0.5, 0.6) is 0 Å². The lowest BCUT2D eigenvalue weighted by Gasteiger charge is -2.18. The van der Waals surface area contributed by atoms with Crippen LogP contribution in [0.15, 0.2) is 85.1 Å². The number of unbranched alkanes of at least 4 members (excludes halogenated alkanes) is 16. The van der Waals surface area contributed by atoms with E-state index in [9.17, 15) is 14.4 Å². The maximum Gasteiger partial charge on any atom is 0.306 e. The summed E-state index contributed by atoms with van der Waals surface area (Å²) in [5.74, 6) is -0.992. The van der Waals surface area contributed by atoms with Gasteiger partial charge in [-0.2, -0.15) is 0 Å². The summed E-state index contributed by atoms with van der Waals surface area (Å²) >= 11 is 0. The van der Waals surface area contributed by atoms with Crippen LogP contribution >= 0.6 is 0 Å². The highest BCUT2D eigenvalue weighted by Crippen LogP contribution is 2.14. The van der Waals surface area contributed by atoms with Crippen LogP contribution in [0.4, 0.5) is 0 Å². The van der Waals surface area contributed by atoms with Gasteiger partial charge in [-0.3, -0.25) is 14.4 Å². The van der Waals surface area contributed by atoms with Gasteiger partial charge in [-0.25, -0.2) is 0 Å². The van der Waals surface area contributed by atoms with E-state index >= 15 is 0 Å². The fourth-order valence-corrected chi connectivity index (χ4v) is 5.56. The summed E-state index contributed by atoms with van der Waals surface area (Å²) < 4.78 is 16.6. The van der Waals surface area contributed by atoms with Gasteiger partial charge in [0.1, 0.15) is 13.2 Å². The summed E-state index contributed by atoms with van der Waals surface area (Å²) in [7, 11) is 0. The molecule has 0 bridgehead atoms. The number of rotatable bonds is 37. The fraction of sp³-hybridized carbons (Fsp3) is 0.646. The predicted octanol–water partition coefficient (Wildman–Crippen LogP) is 13.7. The van der Waals surface area contributed by atoms with Gasteiger partial charge in [0.05, 0.1) is 0 Å². The van der Waals surface area contributed by atoms with Gasteiger partial charge in [-0.1, -0.05) is 183 Å². The first-order valence-electron chi connectivity index (χ1n) is 21.7. The topological polar surface area (TPSA) is 78.9 Å². The molecular formula is C48H78O6. The lowest BCUT2D eigenvalue weighted by Crippen LogP contribution is -2.30. The van der Waals surface area contributed by atoms with E-state index in [0.29, 0.717) is 19.3 Å². The third-order valence-electron chi connectivity index (χ3n) is 8.77. The highest BCUT2D eigenvalue weighted by Gasteiger charge is 2.19. The molecule has 0 fully saturated rings. The van der Waals surface area contributed by atoms with Gasteiger partial charge < -0.3 is 14.2 Å². The normalized spacial score (nSPS) is 12.9. The zero-order valence-corrected chi connectivity index (χ0v) is 34.7. The number of hydrogen-bond donors (Lipinski definition) is 0. The number of carbonyl (C=O) groups is 3. The van der Waals surface area contributed by atoms with Crippen molar-refractivity contribution in [3.63, 3.8) is 0 Å². The Morgan fingerprint density at radius 1 is 0.407 bits per heavy atom. The number of esters is 3. The number of allylic oxidation sites excluding steroid dienone is 14. The van der Waals surface area contributed by atoms with Crippen LogP contribution in [0.1, 0.15) is 181 Å². The molecule has 0 aromatic rings. The van der Waals surface area contributed by atoms with Crippen LogP contribution in [0, 0.1) is 0 Å². The second-order valence-electron chi connectivity index (χ2n) is 14.0. The highest BCUT2D eigenvalue weighted by atomic mass is 16.6. The molecule has 0 rings (SSSR count). The van der Waals surface area contributed by atoms with Crippen LogP contribution in [0.3, 0.4) is 0 Å². The van der Waals surface area contributed by atoms with Gasteiger partial charge >= 0.3 is 17.9 Å². The molecule has 6 heteroatoms. The summed E-state index contributed by atoms with van der Waals surface area (Å²) in [6, 6.07) is 0. The molecule has 306 valence electrons. The van der Waals surface area contributed by atoms with E-state index in [1.807, 2.05) is 48.6 Å². The number of carbonyl (C=O) groups excluding carboxylic acids is 3. The Morgan fingerprint density at radius 3 is 1.37 bits per heavy atom. The molecule has 0 saturated heterocycles. The van der Waals surface area contributed by atoms with Crippen molar-refractivity contribution in [2.75, 3.05) is 13.2 Å². The van der Waals surface area contributed by atoms with E-state index in [0.717, 1.165) is 83.5 Å². The van der Waals surface area contributed by atoms with Crippen molar-refractivity contribution in [2.24, 2.45) is 0 Å². The minimum atomic E-state index is -0.802. The van der Waals surface area contributed by atoms with Crippen molar-refractivity contribution >= 4 is 17.9 Å². The molecule has 1 unspecified atom stereocenters. The molecule has 1 atom stereocenters. The monoisotopic (exact) mass is 751 g/mol. The molecule has 0 spiro atoms. The lowest BCUT2D eigenvalue weighted by atomic mass is 10.0. The Labute approximate surface area is 331 Å². The Bertz CT molecular complexity index is 1090. The van der Waals surface area contributed by atoms with Crippen LogP contribution in [-0.2, 0) is 28.6 Å². The molecule has 0 aliphatic carbocycles. The van der Waals surface area contributed by atoms with Crippen molar-refractivity contribution in [1.29, 1.82) is 0 Å². The number of hydrogen-bond acceptors (Lipinski definition) is 6. The van der Waals surface area contributed by atoms with Gasteiger partial charge in [0, 0.05) is 19.3 Å². The van der Waals surface area contributed by atoms with Gasteiger partial charge in [-0.15, -0.1) is 0 Å². The summed E-state index contributed by atoms with van der Waals surface area (Å²) in [5.41, 5.74) is 0. The molecular weight excluding hydrogens is 673 g/mol. The van der Waals surface area contributed by atoms with Gasteiger partial charge in [0.2, 0.25) is 0 Å². The van der Waals surface area contributed by atoms with Crippen molar-refractivity contribution in [3.8, 4) is 0 Å². The van der Waals surface area contributed by atoms with Crippen molar-refractivity contribution in [2.45, 2.75) is 187 Å². The molecule has 54 heavy (non-hydrogen) atoms. The van der Waals surface area contributed by atoms with Crippen molar-refractivity contribution < 1.29 is 28.6 Å². The Morgan fingerprint density at radius 2 is 0.815 bits per heavy atom. The average Bonchev–Trinajstić information content (AvgIpc) is 3.17. The van der Waals surface area contributed by atoms with E-state index < -0.39 is 6.10 Å². The number of ether oxygens (including phenoxy) is 3. The molecule has 0 aliphatic heterocycles. The smallest absolute Gasteiger partial charge is 0.306 e. The van der Waals surface area contributed by atoms with Gasteiger partial charge in [0.25, 0.3) is 0 Å². The van der Waals surface area contributed by atoms with Crippen LogP contribution in [0.25, 0.3) is 0 Å². The average molecular weight is 751 g/mol. The maximum absolute atomic E-state index is 12.7. The molecule has 0 N–H and O–H groups in total. The Hall–Kier alpha value is -3.41. The van der Waals surface area contributed by atoms with Gasteiger partial charge in [0.15, 0.2) is 6.10 Å². The molecule has 0 saturated carbocycles. The SMILES string of the molecule is CC\C=C/C=C\C=C/C=C\C=C/CCCCCC(=O)OCC(COC(=O)CCCC/C=C\C/C=C\CC)OC(=O)CCCCCCCCCCCCCC. The van der Waals surface area contributed by atoms with Crippen LogP contribution in [-0.4, -0.2) is 37.2 Å². The molecule has 0 heterocycles. The largest absolute Gasteiger partial charge is 0.462 e. The second kappa shape index (κ2) is 42.3. The van der Waals surface area contributed by atoms with Crippen molar-refractivity contribution in [1.82, 2.24) is 0 Å². The summed E-state index contributed by atoms with van der Waals surface area (Å²) in [6.45, 7) is 6.27. The van der Waals surface area contributed by atoms with Crippen LogP contribution < -0.4 is 0 Å². The van der Waals surface area contributed by atoms with Crippen molar-refractivity contribution in [3.05, 3.63) is 85.1 Å². The van der Waals surface area contributed by atoms with E-state index in [2.05, 4.69) is 57.2 Å². The zero-order chi connectivity index (χ0) is 39.4. The van der Waals surface area contributed by atoms with E-state index in [1.165, 1.54) is 57.8 Å². The molecule has 0 aromatic heterocycles. The van der Waals surface area contributed by atoms with Gasteiger partial charge in [-0.05, 0) is 64.2 Å². The first-order chi connectivity index (χ1) is 26.5. The summed E-state index contributed by atoms with van der Waals surface area (Å²) in [5, 5.41) is 0. The molecule has 0 amide bonds. The van der Waals surface area contributed by atoms with E-state index in [1.54, 1.807) is 0 Å². The highest BCUT2D eigenvalue weighted by molar-refractivity contribution is 5.71.